The van der Waals surface area contributed by atoms with Gasteiger partial charge < -0.3 is 4.74 Å². The Balaban J connectivity index is 2.74. The highest BCUT2D eigenvalue weighted by atomic mass is 16.5. The minimum absolute atomic E-state index is 0.0462. The number of nitriles is 1. The summed E-state index contributed by atoms with van der Waals surface area (Å²) in [4.78, 5) is 0. The lowest BCUT2D eigenvalue weighted by molar-refractivity contribution is 0.0391. The molecule has 70 valence electrons. The Hall–Kier alpha value is -1.34. The maximum atomic E-state index is 8.83. The first kappa shape index (κ1) is 9.75. The zero-order valence-electron chi connectivity index (χ0n) is 8.06. The van der Waals surface area contributed by atoms with Crippen LogP contribution in [0.5, 0.6) is 0 Å². The third-order valence-electron chi connectivity index (χ3n) is 1.55. The molecule has 0 aliphatic rings. The Bertz CT molecular complexity index is 311. The van der Waals surface area contributed by atoms with Gasteiger partial charge in [0.25, 0.3) is 0 Å². The molecule has 13 heavy (non-hydrogen) atoms. The van der Waals surface area contributed by atoms with Crippen molar-refractivity contribution in [2.24, 2.45) is 7.05 Å². The Kier molecular flexibility index (Phi) is 3.04. The molecule has 0 bridgehead atoms. The molecule has 1 rings (SSSR count). The molecule has 0 aliphatic carbocycles. The van der Waals surface area contributed by atoms with Gasteiger partial charge in [0.2, 0.25) is 0 Å². The molecule has 1 atom stereocenters. The molecule has 1 aromatic heterocycles. The van der Waals surface area contributed by atoms with E-state index >= 15 is 0 Å². The van der Waals surface area contributed by atoms with Crippen LogP contribution in [0.25, 0.3) is 0 Å². The van der Waals surface area contributed by atoms with Gasteiger partial charge in [-0.15, -0.1) is 0 Å². The van der Waals surface area contributed by atoms with Gasteiger partial charge in [0.05, 0.1) is 18.4 Å². The maximum absolute atomic E-state index is 8.83. The van der Waals surface area contributed by atoms with Crippen LogP contribution in [0.3, 0.4) is 0 Å². The van der Waals surface area contributed by atoms with Gasteiger partial charge >= 0.3 is 0 Å². The second-order valence-corrected chi connectivity index (χ2v) is 3.14. The van der Waals surface area contributed by atoms with Crippen molar-refractivity contribution < 1.29 is 4.74 Å². The monoisotopic (exact) mass is 179 g/mol. The van der Waals surface area contributed by atoms with Gasteiger partial charge in [0, 0.05) is 18.8 Å². The van der Waals surface area contributed by atoms with Crippen LogP contribution in [-0.4, -0.2) is 15.9 Å². The van der Waals surface area contributed by atoms with E-state index in [4.69, 9.17) is 10.00 Å². The minimum Gasteiger partial charge on any atom is -0.356 e. The van der Waals surface area contributed by atoms with E-state index in [1.54, 1.807) is 17.1 Å². The molecule has 0 fully saturated rings. The molecule has 1 unspecified atom stereocenters. The smallest absolute Gasteiger partial charge is 0.172 e. The summed E-state index contributed by atoms with van der Waals surface area (Å²) in [6.07, 6.45) is 2.98. The van der Waals surface area contributed by atoms with Crippen molar-refractivity contribution in [3.63, 3.8) is 0 Å². The third-order valence-corrected chi connectivity index (χ3v) is 1.55. The van der Waals surface area contributed by atoms with E-state index in [1.807, 2.05) is 20.9 Å². The molecule has 0 spiro atoms. The predicted molar refractivity (Wildman–Crippen MR) is 47.8 cm³/mol. The zero-order valence-corrected chi connectivity index (χ0v) is 8.06. The molecule has 0 aliphatic heterocycles. The van der Waals surface area contributed by atoms with Crippen molar-refractivity contribution in [1.29, 1.82) is 5.26 Å². The molecule has 0 N–H and O–H groups in total. The van der Waals surface area contributed by atoms with Gasteiger partial charge in [-0.2, -0.15) is 10.4 Å². The lowest BCUT2D eigenvalue weighted by Crippen LogP contribution is -2.08. The average Bonchev–Trinajstić information content (AvgIpc) is 2.47. The van der Waals surface area contributed by atoms with E-state index in [0.29, 0.717) is 0 Å². The number of hydrogen-bond acceptors (Lipinski definition) is 3. The Morgan fingerprint density at radius 2 is 2.31 bits per heavy atom. The van der Waals surface area contributed by atoms with E-state index in [1.165, 1.54) is 0 Å². The van der Waals surface area contributed by atoms with E-state index < -0.39 is 6.10 Å². The summed E-state index contributed by atoms with van der Waals surface area (Å²) < 4.78 is 7.04. The van der Waals surface area contributed by atoms with Gasteiger partial charge in [0.15, 0.2) is 6.10 Å². The molecule has 0 saturated carbocycles. The number of rotatable bonds is 3. The Morgan fingerprint density at radius 1 is 1.62 bits per heavy atom. The largest absolute Gasteiger partial charge is 0.356 e. The van der Waals surface area contributed by atoms with Crippen molar-refractivity contribution in [3.8, 4) is 6.07 Å². The standard InChI is InChI=1S/C9H13N3O/c1-7(2)13-9(4-10)8-5-11-12(3)6-8/h5-7,9H,1-3H3. The first-order valence-electron chi connectivity index (χ1n) is 4.17. The molecule has 1 aromatic rings. The number of nitrogens with zero attached hydrogens (tertiary/aromatic N) is 3. The molecular weight excluding hydrogens is 166 g/mol. The SMILES string of the molecule is CC(C)OC(C#N)c1cnn(C)c1. The van der Waals surface area contributed by atoms with Gasteiger partial charge in [0.1, 0.15) is 0 Å². The molecule has 4 heteroatoms. The van der Waals surface area contributed by atoms with Crippen molar-refractivity contribution in [1.82, 2.24) is 9.78 Å². The topological polar surface area (TPSA) is 50.8 Å². The molecule has 0 radical (unpaired) electrons. The predicted octanol–water partition coefficient (Wildman–Crippen LogP) is 1.41. The van der Waals surface area contributed by atoms with Crippen molar-refractivity contribution in [2.75, 3.05) is 0 Å². The number of hydrogen-bond donors (Lipinski definition) is 0. The van der Waals surface area contributed by atoms with E-state index in [2.05, 4.69) is 11.2 Å². The minimum atomic E-state index is -0.506. The summed E-state index contributed by atoms with van der Waals surface area (Å²) in [6.45, 7) is 3.81. The quantitative estimate of drug-likeness (QED) is 0.704. The second kappa shape index (κ2) is 4.06. The van der Waals surface area contributed by atoms with Gasteiger partial charge in [-0.1, -0.05) is 0 Å². The second-order valence-electron chi connectivity index (χ2n) is 3.14. The van der Waals surface area contributed by atoms with Crippen LogP contribution >= 0.6 is 0 Å². The number of aryl methyl sites for hydroxylation is 1. The Labute approximate surface area is 77.7 Å². The highest BCUT2D eigenvalue weighted by Gasteiger charge is 2.13. The molecular formula is C9H13N3O. The van der Waals surface area contributed by atoms with Crippen LogP contribution in [0.15, 0.2) is 12.4 Å². The molecule has 0 saturated heterocycles. The lowest BCUT2D eigenvalue weighted by Gasteiger charge is -2.11. The molecule has 0 amide bonds. The zero-order chi connectivity index (χ0) is 9.84. The number of ether oxygens (including phenoxy) is 1. The normalized spacial score (nSPS) is 12.8. The van der Waals surface area contributed by atoms with Crippen molar-refractivity contribution in [2.45, 2.75) is 26.1 Å². The fourth-order valence-corrected chi connectivity index (χ4v) is 1.03. The summed E-state index contributed by atoms with van der Waals surface area (Å²) >= 11 is 0. The average molecular weight is 179 g/mol. The van der Waals surface area contributed by atoms with Crippen LogP contribution < -0.4 is 0 Å². The summed E-state index contributed by atoms with van der Waals surface area (Å²) in [5.41, 5.74) is 0.804. The summed E-state index contributed by atoms with van der Waals surface area (Å²) in [5.74, 6) is 0. The van der Waals surface area contributed by atoms with Crippen molar-refractivity contribution in [3.05, 3.63) is 18.0 Å². The first-order valence-corrected chi connectivity index (χ1v) is 4.17. The summed E-state index contributed by atoms with van der Waals surface area (Å²) in [7, 11) is 1.81. The van der Waals surface area contributed by atoms with Crippen molar-refractivity contribution >= 4 is 0 Å². The van der Waals surface area contributed by atoms with Crippen LogP contribution in [0.1, 0.15) is 25.5 Å². The Morgan fingerprint density at radius 3 is 2.69 bits per heavy atom. The van der Waals surface area contributed by atoms with Crippen LogP contribution in [0.2, 0.25) is 0 Å². The maximum Gasteiger partial charge on any atom is 0.172 e. The summed E-state index contributed by atoms with van der Waals surface area (Å²) in [6, 6.07) is 2.09. The van der Waals surface area contributed by atoms with Gasteiger partial charge in [-0.25, -0.2) is 0 Å². The lowest BCUT2D eigenvalue weighted by atomic mass is 10.2. The fraction of sp³-hybridized carbons (Fsp3) is 0.556. The molecule has 0 aromatic carbocycles. The van der Waals surface area contributed by atoms with E-state index in [9.17, 15) is 0 Å². The van der Waals surface area contributed by atoms with E-state index in [0.717, 1.165) is 5.56 Å². The van der Waals surface area contributed by atoms with Crippen LogP contribution in [-0.2, 0) is 11.8 Å². The first-order chi connectivity index (χ1) is 6.13. The fourth-order valence-electron chi connectivity index (χ4n) is 1.03. The van der Waals surface area contributed by atoms with E-state index in [-0.39, 0.29) is 6.10 Å². The highest BCUT2D eigenvalue weighted by molar-refractivity contribution is 5.15. The van der Waals surface area contributed by atoms with Crippen LogP contribution in [0, 0.1) is 11.3 Å². The number of aromatic nitrogens is 2. The molecule has 1 heterocycles. The van der Waals surface area contributed by atoms with Gasteiger partial charge in [-0.3, -0.25) is 4.68 Å². The molecule has 4 nitrogen and oxygen atoms in total. The summed E-state index contributed by atoms with van der Waals surface area (Å²) in [5, 5.41) is 12.8. The third kappa shape index (κ3) is 2.56. The van der Waals surface area contributed by atoms with Gasteiger partial charge in [-0.05, 0) is 13.8 Å². The highest BCUT2D eigenvalue weighted by Crippen LogP contribution is 2.16. The van der Waals surface area contributed by atoms with Crippen LogP contribution in [0.4, 0.5) is 0 Å².